The molecule has 2 rings (SSSR count). The van der Waals surface area contributed by atoms with Gasteiger partial charge >= 0.3 is 12.0 Å². The van der Waals surface area contributed by atoms with E-state index in [2.05, 4.69) is 10.4 Å². The number of carbonyl (C=O) groups is 3. The highest BCUT2D eigenvalue weighted by atomic mass is 16.5. The van der Waals surface area contributed by atoms with E-state index in [0.29, 0.717) is 10.8 Å². The molecule has 1 aromatic heterocycles. The number of hydrogen-bond acceptors (Lipinski definition) is 6. The Labute approximate surface area is 143 Å². The van der Waals surface area contributed by atoms with E-state index in [1.54, 1.807) is 38.1 Å². The Kier molecular flexibility index (Phi) is 5.48. The maximum atomic E-state index is 12.2. The first kappa shape index (κ1) is 18.1. The molecule has 0 aliphatic carbocycles. The number of urea groups is 1. The van der Waals surface area contributed by atoms with Gasteiger partial charge in [-0.3, -0.25) is 14.9 Å². The molecule has 0 atom stereocenters. The second kappa shape index (κ2) is 7.56. The zero-order valence-electron chi connectivity index (χ0n) is 14.0. The third-order valence-corrected chi connectivity index (χ3v) is 3.16. The molecule has 0 saturated carbocycles. The van der Waals surface area contributed by atoms with Gasteiger partial charge in [0.2, 0.25) is 0 Å². The highest BCUT2D eigenvalue weighted by Gasteiger charge is 2.18. The molecule has 0 radical (unpaired) electrons. The van der Waals surface area contributed by atoms with Gasteiger partial charge in [-0.15, -0.1) is 0 Å². The molecule has 0 unspecified atom stereocenters. The molecule has 2 N–H and O–H groups in total. The van der Waals surface area contributed by atoms with Crippen molar-refractivity contribution >= 4 is 28.7 Å². The van der Waals surface area contributed by atoms with Crippen LogP contribution in [0.2, 0.25) is 0 Å². The van der Waals surface area contributed by atoms with Crippen LogP contribution in [-0.4, -0.2) is 40.3 Å². The predicted octanol–water partition coefficient (Wildman–Crippen LogP) is 0.325. The molecule has 1 heterocycles. The third kappa shape index (κ3) is 4.40. The topological polar surface area (TPSA) is 119 Å². The molecule has 0 bridgehead atoms. The zero-order chi connectivity index (χ0) is 18.6. The van der Waals surface area contributed by atoms with Gasteiger partial charge in [0.25, 0.3) is 11.5 Å². The van der Waals surface area contributed by atoms with Crippen molar-refractivity contribution in [3.63, 3.8) is 0 Å². The van der Waals surface area contributed by atoms with Gasteiger partial charge in [0.1, 0.15) is 0 Å². The normalized spacial score (nSPS) is 10.6. The van der Waals surface area contributed by atoms with Crippen LogP contribution < -0.4 is 16.2 Å². The Balaban J connectivity index is 2.11. The lowest BCUT2D eigenvalue weighted by molar-refractivity contribution is -0.123. The molecule has 0 aliphatic heterocycles. The molecule has 0 saturated heterocycles. The SMILES string of the molecule is CC(C)NC(=O)NC(=O)COC(=O)c1nn(C)c(=O)c2ccccc12. The summed E-state index contributed by atoms with van der Waals surface area (Å²) in [7, 11) is 1.41. The van der Waals surface area contributed by atoms with Crippen LogP contribution in [0.5, 0.6) is 0 Å². The minimum absolute atomic E-state index is 0.0860. The summed E-state index contributed by atoms with van der Waals surface area (Å²) in [5.74, 6) is -1.65. The van der Waals surface area contributed by atoms with Crippen LogP contribution >= 0.6 is 0 Å². The van der Waals surface area contributed by atoms with Crippen molar-refractivity contribution in [1.82, 2.24) is 20.4 Å². The average Bonchev–Trinajstić information content (AvgIpc) is 2.55. The molecule has 0 spiro atoms. The Morgan fingerprint density at radius 1 is 1.20 bits per heavy atom. The summed E-state index contributed by atoms with van der Waals surface area (Å²) in [6.45, 7) is 2.82. The first-order valence-corrected chi connectivity index (χ1v) is 7.53. The smallest absolute Gasteiger partial charge is 0.359 e. The first-order valence-electron chi connectivity index (χ1n) is 7.53. The number of fused-ring (bicyclic) bond motifs is 1. The zero-order valence-corrected chi connectivity index (χ0v) is 14.0. The number of amides is 3. The van der Waals surface area contributed by atoms with Gasteiger partial charge < -0.3 is 10.1 Å². The van der Waals surface area contributed by atoms with E-state index in [1.807, 2.05) is 5.32 Å². The van der Waals surface area contributed by atoms with Crippen molar-refractivity contribution in [2.75, 3.05) is 6.61 Å². The molecule has 0 fully saturated rings. The molecule has 9 nitrogen and oxygen atoms in total. The van der Waals surface area contributed by atoms with Crippen molar-refractivity contribution < 1.29 is 19.1 Å². The van der Waals surface area contributed by atoms with E-state index < -0.39 is 24.5 Å². The summed E-state index contributed by atoms with van der Waals surface area (Å²) >= 11 is 0. The highest BCUT2D eigenvalue weighted by molar-refractivity contribution is 6.03. The Morgan fingerprint density at radius 2 is 1.84 bits per heavy atom. The van der Waals surface area contributed by atoms with Gasteiger partial charge in [0.15, 0.2) is 12.3 Å². The molecular formula is C16H18N4O5. The van der Waals surface area contributed by atoms with Gasteiger partial charge in [-0.25, -0.2) is 14.3 Å². The summed E-state index contributed by atoms with van der Waals surface area (Å²) in [5, 5.41) is 9.04. The molecule has 3 amide bonds. The standard InChI is InChI=1S/C16H18N4O5/c1-9(2)17-16(24)18-12(21)8-25-15(23)13-10-6-4-5-7-11(10)14(22)20(3)19-13/h4-7,9H,8H2,1-3H3,(H2,17,18,21,24). The van der Waals surface area contributed by atoms with Crippen LogP contribution in [0.15, 0.2) is 29.1 Å². The summed E-state index contributed by atoms with van der Waals surface area (Å²) in [6, 6.07) is 5.64. The van der Waals surface area contributed by atoms with Gasteiger partial charge in [0, 0.05) is 18.5 Å². The van der Waals surface area contributed by atoms with Crippen LogP contribution in [0.25, 0.3) is 10.8 Å². The van der Waals surface area contributed by atoms with Crippen molar-refractivity contribution in [3.8, 4) is 0 Å². The third-order valence-electron chi connectivity index (χ3n) is 3.16. The summed E-state index contributed by atoms with van der Waals surface area (Å²) < 4.78 is 5.91. The largest absolute Gasteiger partial charge is 0.451 e. The first-order chi connectivity index (χ1) is 11.8. The number of imide groups is 1. The predicted molar refractivity (Wildman–Crippen MR) is 89.1 cm³/mol. The van der Waals surface area contributed by atoms with Gasteiger partial charge in [-0.2, -0.15) is 5.10 Å². The number of hydrogen-bond donors (Lipinski definition) is 2. The number of aromatic nitrogens is 2. The van der Waals surface area contributed by atoms with E-state index in [9.17, 15) is 19.2 Å². The number of carbonyl (C=O) groups excluding carboxylic acids is 3. The Hall–Kier alpha value is -3.23. The fourth-order valence-electron chi connectivity index (χ4n) is 2.11. The van der Waals surface area contributed by atoms with Crippen LogP contribution in [0.4, 0.5) is 4.79 Å². The Morgan fingerprint density at radius 3 is 2.48 bits per heavy atom. The van der Waals surface area contributed by atoms with Crippen LogP contribution in [0.3, 0.4) is 0 Å². The Bertz CT molecular complexity index is 888. The minimum atomic E-state index is -0.869. The number of esters is 1. The van der Waals surface area contributed by atoms with Gasteiger partial charge in [-0.05, 0) is 19.9 Å². The lowest BCUT2D eigenvalue weighted by Gasteiger charge is -2.10. The quantitative estimate of drug-likeness (QED) is 0.770. The molecular weight excluding hydrogens is 328 g/mol. The fraction of sp³-hybridized carbons (Fsp3) is 0.312. The number of nitrogens with zero attached hydrogens (tertiary/aromatic N) is 2. The van der Waals surface area contributed by atoms with Crippen LogP contribution in [-0.2, 0) is 16.6 Å². The summed E-state index contributed by atoms with van der Waals surface area (Å²) in [5.41, 5.74) is -0.438. The summed E-state index contributed by atoms with van der Waals surface area (Å²) in [6.07, 6.45) is 0. The van der Waals surface area contributed by atoms with Crippen LogP contribution in [0, 0.1) is 0 Å². The lowest BCUT2D eigenvalue weighted by Crippen LogP contribution is -2.44. The number of benzene rings is 1. The van der Waals surface area contributed by atoms with E-state index >= 15 is 0 Å². The maximum Gasteiger partial charge on any atom is 0.359 e. The van der Waals surface area contributed by atoms with Crippen molar-refractivity contribution in [2.24, 2.45) is 7.05 Å². The second-order valence-corrected chi connectivity index (χ2v) is 5.58. The van der Waals surface area contributed by atoms with Crippen molar-refractivity contribution in [3.05, 3.63) is 40.3 Å². The average molecular weight is 346 g/mol. The number of rotatable bonds is 4. The molecule has 0 aliphatic rings. The number of nitrogens with one attached hydrogen (secondary N) is 2. The maximum absolute atomic E-state index is 12.2. The van der Waals surface area contributed by atoms with Crippen LogP contribution in [0.1, 0.15) is 24.3 Å². The summed E-state index contributed by atoms with van der Waals surface area (Å²) in [4.78, 5) is 47.3. The van der Waals surface area contributed by atoms with E-state index in [1.165, 1.54) is 7.05 Å². The van der Waals surface area contributed by atoms with Crippen molar-refractivity contribution in [2.45, 2.75) is 19.9 Å². The van der Waals surface area contributed by atoms with Gasteiger partial charge in [0.05, 0.1) is 5.39 Å². The fourth-order valence-corrected chi connectivity index (χ4v) is 2.11. The molecule has 1 aromatic carbocycles. The molecule has 2 aromatic rings. The minimum Gasteiger partial charge on any atom is -0.451 e. The number of aryl methyl sites for hydroxylation is 1. The molecule has 132 valence electrons. The van der Waals surface area contributed by atoms with Crippen molar-refractivity contribution in [1.29, 1.82) is 0 Å². The molecule has 9 heteroatoms. The lowest BCUT2D eigenvalue weighted by atomic mass is 10.1. The van der Waals surface area contributed by atoms with E-state index in [0.717, 1.165) is 4.68 Å². The van der Waals surface area contributed by atoms with E-state index in [4.69, 9.17) is 4.74 Å². The monoisotopic (exact) mass is 346 g/mol. The van der Waals surface area contributed by atoms with E-state index in [-0.39, 0.29) is 17.3 Å². The molecule has 25 heavy (non-hydrogen) atoms. The number of ether oxygens (including phenoxy) is 1. The second-order valence-electron chi connectivity index (χ2n) is 5.58. The highest BCUT2D eigenvalue weighted by Crippen LogP contribution is 2.13. The van der Waals surface area contributed by atoms with Gasteiger partial charge in [-0.1, -0.05) is 18.2 Å².